The normalized spacial score (nSPS) is 26.9. The van der Waals surface area contributed by atoms with Crippen molar-refractivity contribution in [3.63, 3.8) is 0 Å². The van der Waals surface area contributed by atoms with Gasteiger partial charge >= 0.3 is 0 Å². The maximum absolute atomic E-state index is 12.8. The lowest BCUT2D eigenvalue weighted by molar-refractivity contribution is 0.217. The standard InChI is InChI=1S/C8H8ClF2N3/c9-5-1-12-8(13-2-5)14-3-6(10)7(11)4-14/h1-2,6-7H,3-4H2/t6-,7+. The third kappa shape index (κ3) is 1.77. The molecule has 0 bridgehead atoms. The third-order valence-electron chi connectivity index (χ3n) is 2.07. The van der Waals surface area contributed by atoms with Crippen LogP contribution in [-0.2, 0) is 0 Å². The molecule has 1 aliphatic rings. The first-order valence-corrected chi connectivity index (χ1v) is 4.55. The second-order valence-electron chi connectivity index (χ2n) is 3.14. The summed E-state index contributed by atoms with van der Waals surface area (Å²) in [6.45, 7) is 0.00555. The van der Waals surface area contributed by atoms with Gasteiger partial charge in [0.15, 0.2) is 12.3 Å². The Morgan fingerprint density at radius 3 is 2.21 bits per heavy atom. The highest BCUT2D eigenvalue weighted by Gasteiger charge is 2.33. The number of halogens is 3. The summed E-state index contributed by atoms with van der Waals surface area (Å²) in [7, 11) is 0. The molecular formula is C8H8ClF2N3. The molecule has 0 aromatic carbocycles. The van der Waals surface area contributed by atoms with E-state index in [-0.39, 0.29) is 13.1 Å². The molecular weight excluding hydrogens is 212 g/mol. The maximum atomic E-state index is 12.8. The van der Waals surface area contributed by atoms with Crippen molar-refractivity contribution >= 4 is 17.5 Å². The van der Waals surface area contributed by atoms with Crippen molar-refractivity contribution in [3.05, 3.63) is 17.4 Å². The molecule has 1 aliphatic heterocycles. The van der Waals surface area contributed by atoms with E-state index in [9.17, 15) is 8.78 Å². The summed E-state index contributed by atoms with van der Waals surface area (Å²) in [5, 5.41) is 0.404. The molecule has 0 unspecified atom stereocenters. The summed E-state index contributed by atoms with van der Waals surface area (Å²) >= 11 is 5.58. The zero-order valence-corrected chi connectivity index (χ0v) is 7.96. The van der Waals surface area contributed by atoms with Gasteiger partial charge < -0.3 is 4.90 Å². The Labute approximate surface area is 84.7 Å². The van der Waals surface area contributed by atoms with Crippen LogP contribution in [0.25, 0.3) is 0 Å². The van der Waals surface area contributed by atoms with E-state index < -0.39 is 12.3 Å². The fourth-order valence-corrected chi connectivity index (χ4v) is 1.45. The summed E-state index contributed by atoms with van der Waals surface area (Å²) in [5.74, 6) is 0.317. The second kappa shape index (κ2) is 3.65. The van der Waals surface area contributed by atoms with E-state index in [2.05, 4.69) is 9.97 Å². The van der Waals surface area contributed by atoms with Gasteiger partial charge in [0.05, 0.1) is 30.5 Å². The molecule has 76 valence electrons. The van der Waals surface area contributed by atoms with Crippen molar-refractivity contribution in [1.82, 2.24) is 9.97 Å². The van der Waals surface area contributed by atoms with Gasteiger partial charge in [0, 0.05) is 0 Å². The Bertz CT molecular complexity index is 309. The van der Waals surface area contributed by atoms with Gasteiger partial charge in [-0.25, -0.2) is 18.7 Å². The monoisotopic (exact) mass is 219 g/mol. The van der Waals surface area contributed by atoms with Crippen LogP contribution in [0.15, 0.2) is 12.4 Å². The Morgan fingerprint density at radius 1 is 1.21 bits per heavy atom. The number of hydrogen-bond acceptors (Lipinski definition) is 3. The minimum absolute atomic E-state index is 0.00278. The number of rotatable bonds is 1. The summed E-state index contributed by atoms with van der Waals surface area (Å²) in [4.78, 5) is 9.22. The molecule has 2 atom stereocenters. The summed E-state index contributed by atoms with van der Waals surface area (Å²) in [6.07, 6.45) is -0.0886. The molecule has 14 heavy (non-hydrogen) atoms. The SMILES string of the molecule is F[C@@H]1CN(c2ncc(Cl)cn2)C[C@@H]1F. The van der Waals surface area contributed by atoms with Crippen LogP contribution in [0, 0.1) is 0 Å². The number of anilines is 1. The molecule has 2 heterocycles. The van der Waals surface area contributed by atoms with E-state index in [4.69, 9.17) is 11.6 Å². The molecule has 0 amide bonds. The lowest BCUT2D eigenvalue weighted by atomic mass is 10.3. The van der Waals surface area contributed by atoms with Crippen LogP contribution >= 0.6 is 11.6 Å². The number of alkyl halides is 2. The second-order valence-corrected chi connectivity index (χ2v) is 3.57. The first-order valence-electron chi connectivity index (χ1n) is 4.17. The Balaban J connectivity index is 2.13. The van der Waals surface area contributed by atoms with E-state index in [0.29, 0.717) is 11.0 Å². The van der Waals surface area contributed by atoms with Gasteiger partial charge in [-0.2, -0.15) is 0 Å². The Kier molecular flexibility index (Phi) is 2.50. The molecule has 0 aliphatic carbocycles. The Morgan fingerprint density at radius 2 is 1.71 bits per heavy atom. The van der Waals surface area contributed by atoms with Crippen molar-refractivity contribution in [2.24, 2.45) is 0 Å². The zero-order chi connectivity index (χ0) is 10.1. The predicted octanol–water partition coefficient (Wildman–Crippen LogP) is 1.63. The Hall–Kier alpha value is -0.970. The quantitative estimate of drug-likeness (QED) is 0.719. The third-order valence-corrected chi connectivity index (χ3v) is 2.27. The highest BCUT2D eigenvalue weighted by Crippen LogP contribution is 2.20. The van der Waals surface area contributed by atoms with Crippen LogP contribution in [0.1, 0.15) is 0 Å². The van der Waals surface area contributed by atoms with Crippen molar-refractivity contribution in [2.45, 2.75) is 12.3 Å². The summed E-state index contributed by atoms with van der Waals surface area (Å²) in [5.41, 5.74) is 0. The van der Waals surface area contributed by atoms with Gasteiger partial charge in [0.1, 0.15) is 0 Å². The van der Waals surface area contributed by atoms with Crippen LogP contribution in [0.5, 0.6) is 0 Å². The zero-order valence-electron chi connectivity index (χ0n) is 7.20. The van der Waals surface area contributed by atoms with Gasteiger partial charge in [-0.05, 0) is 0 Å². The topological polar surface area (TPSA) is 29.0 Å². The summed E-state index contributed by atoms with van der Waals surface area (Å²) < 4.78 is 25.7. The van der Waals surface area contributed by atoms with Crippen molar-refractivity contribution < 1.29 is 8.78 Å². The molecule has 3 nitrogen and oxygen atoms in total. The number of aromatic nitrogens is 2. The smallest absolute Gasteiger partial charge is 0.225 e. The molecule has 1 aromatic heterocycles. The molecule has 0 saturated carbocycles. The molecule has 2 rings (SSSR count). The predicted molar refractivity (Wildman–Crippen MR) is 49.0 cm³/mol. The lowest BCUT2D eigenvalue weighted by Crippen LogP contribution is -2.22. The van der Waals surface area contributed by atoms with Gasteiger partial charge in [0.25, 0.3) is 0 Å². The van der Waals surface area contributed by atoms with E-state index >= 15 is 0 Å². The maximum Gasteiger partial charge on any atom is 0.225 e. The van der Waals surface area contributed by atoms with Crippen LogP contribution in [-0.4, -0.2) is 35.4 Å². The van der Waals surface area contributed by atoms with Gasteiger partial charge in [-0.3, -0.25) is 0 Å². The average molecular weight is 220 g/mol. The molecule has 1 aromatic rings. The highest BCUT2D eigenvalue weighted by molar-refractivity contribution is 6.30. The van der Waals surface area contributed by atoms with Gasteiger partial charge in [0.2, 0.25) is 5.95 Å². The van der Waals surface area contributed by atoms with E-state index in [1.165, 1.54) is 17.3 Å². The van der Waals surface area contributed by atoms with Crippen molar-refractivity contribution in [3.8, 4) is 0 Å². The van der Waals surface area contributed by atoms with Crippen molar-refractivity contribution in [1.29, 1.82) is 0 Å². The molecule has 0 N–H and O–H groups in total. The van der Waals surface area contributed by atoms with Crippen molar-refractivity contribution in [2.75, 3.05) is 18.0 Å². The van der Waals surface area contributed by atoms with E-state index in [1.54, 1.807) is 0 Å². The van der Waals surface area contributed by atoms with E-state index in [0.717, 1.165) is 0 Å². The summed E-state index contributed by atoms with van der Waals surface area (Å²) in [6, 6.07) is 0. The fraction of sp³-hybridized carbons (Fsp3) is 0.500. The van der Waals surface area contributed by atoms with Crippen LogP contribution < -0.4 is 4.90 Å². The molecule has 0 radical (unpaired) electrons. The van der Waals surface area contributed by atoms with Gasteiger partial charge in [-0.1, -0.05) is 11.6 Å². The minimum atomic E-state index is -1.45. The van der Waals surface area contributed by atoms with Crippen LogP contribution in [0.4, 0.5) is 14.7 Å². The fourth-order valence-electron chi connectivity index (χ4n) is 1.36. The van der Waals surface area contributed by atoms with E-state index in [1.807, 2.05) is 0 Å². The molecule has 1 saturated heterocycles. The number of nitrogens with zero attached hydrogens (tertiary/aromatic N) is 3. The van der Waals surface area contributed by atoms with Crippen LogP contribution in [0.3, 0.4) is 0 Å². The minimum Gasteiger partial charge on any atom is -0.335 e. The van der Waals surface area contributed by atoms with Gasteiger partial charge in [-0.15, -0.1) is 0 Å². The molecule has 6 heteroatoms. The number of hydrogen-bond donors (Lipinski definition) is 0. The first kappa shape index (κ1) is 9.58. The first-order chi connectivity index (χ1) is 6.66. The van der Waals surface area contributed by atoms with Crippen LogP contribution in [0.2, 0.25) is 5.02 Å². The average Bonchev–Trinajstić information content (AvgIpc) is 2.48. The molecule has 0 spiro atoms. The highest BCUT2D eigenvalue weighted by atomic mass is 35.5. The molecule has 1 fully saturated rings. The lowest BCUT2D eigenvalue weighted by Gasteiger charge is -2.13. The largest absolute Gasteiger partial charge is 0.335 e.